The summed E-state index contributed by atoms with van der Waals surface area (Å²) in [6.45, 7) is 0. The maximum atomic E-state index is 5.65. The van der Waals surface area contributed by atoms with Crippen LogP contribution >= 0.6 is 0 Å². The molecule has 118 valence electrons. The molecule has 0 atom stereocenters. The molecule has 1 aromatic heterocycles. The Bertz CT molecular complexity index is 827. The van der Waals surface area contributed by atoms with Crippen LogP contribution in [0.5, 0.6) is 11.5 Å². The van der Waals surface area contributed by atoms with Gasteiger partial charge in [-0.1, -0.05) is 12.1 Å². The maximum Gasteiger partial charge on any atom is 0.169 e. The first-order valence-corrected chi connectivity index (χ1v) is 7.42. The van der Waals surface area contributed by atoms with Gasteiger partial charge in [-0.15, -0.1) is 0 Å². The fourth-order valence-corrected chi connectivity index (χ4v) is 2.77. The second kappa shape index (κ2) is 6.16. The van der Waals surface area contributed by atoms with E-state index < -0.39 is 0 Å². The molecule has 0 saturated heterocycles. The number of aromatic nitrogens is 1. The Balaban J connectivity index is 2.29. The molecule has 0 fully saturated rings. The lowest BCUT2D eigenvalue weighted by Gasteiger charge is -2.17. The number of methoxy groups -OCH3 is 2. The van der Waals surface area contributed by atoms with Gasteiger partial charge in [-0.2, -0.15) is 0 Å². The van der Waals surface area contributed by atoms with Gasteiger partial charge in [0, 0.05) is 43.1 Å². The van der Waals surface area contributed by atoms with Gasteiger partial charge in [0.2, 0.25) is 0 Å². The van der Waals surface area contributed by atoms with Gasteiger partial charge in [-0.3, -0.25) is 4.98 Å². The van der Waals surface area contributed by atoms with Gasteiger partial charge in [-0.05, 0) is 35.2 Å². The minimum atomic E-state index is 0.708. The minimum Gasteiger partial charge on any atom is -0.493 e. The Kier molecular flexibility index (Phi) is 4.06. The number of ether oxygens (including phenoxy) is 2. The average molecular weight is 308 g/mol. The number of hydrogen-bond donors (Lipinski definition) is 0. The normalized spacial score (nSPS) is 10.6. The standard InChI is InChI=1S/C19H20N2O2/c1-21(2)15-7-5-13(6-8-15)18-16-9-10-20-12-14(16)11-17(22-3)19(18)23-4/h5-12H,1-4H3. The third-order valence-electron chi connectivity index (χ3n) is 3.96. The molecule has 0 unspecified atom stereocenters. The number of nitrogens with zero attached hydrogens (tertiary/aromatic N) is 2. The van der Waals surface area contributed by atoms with Crippen molar-refractivity contribution in [2.45, 2.75) is 0 Å². The van der Waals surface area contributed by atoms with Gasteiger partial charge in [0.15, 0.2) is 11.5 Å². The molecule has 2 aromatic carbocycles. The van der Waals surface area contributed by atoms with Crippen molar-refractivity contribution in [3.05, 3.63) is 48.8 Å². The van der Waals surface area contributed by atoms with E-state index in [1.807, 2.05) is 32.4 Å². The highest BCUT2D eigenvalue weighted by Crippen LogP contribution is 2.43. The molecule has 4 heteroatoms. The van der Waals surface area contributed by atoms with Crippen molar-refractivity contribution in [1.82, 2.24) is 4.98 Å². The summed E-state index contributed by atoms with van der Waals surface area (Å²) in [6.07, 6.45) is 3.64. The van der Waals surface area contributed by atoms with Gasteiger partial charge in [0.25, 0.3) is 0 Å². The maximum absolute atomic E-state index is 5.65. The number of benzene rings is 2. The smallest absolute Gasteiger partial charge is 0.169 e. The van der Waals surface area contributed by atoms with E-state index in [4.69, 9.17) is 9.47 Å². The largest absolute Gasteiger partial charge is 0.493 e. The van der Waals surface area contributed by atoms with Crippen molar-refractivity contribution in [3.8, 4) is 22.6 Å². The van der Waals surface area contributed by atoms with Crippen LogP contribution in [0.25, 0.3) is 21.9 Å². The third kappa shape index (κ3) is 2.68. The van der Waals surface area contributed by atoms with Crippen molar-refractivity contribution in [3.63, 3.8) is 0 Å². The predicted octanol–water partition coefficient (Wildman–Crippen LogP) is 3.99. The molecule has 3 aromatic rings. The van der Waals surface area contributed by atoms with E-state index in [-0.39, 0.29) is 0 Å². The summed E-state index contributed by atoms with van der Waals surface area (Å²) in [7, 11) is 7.38. The summed E-state index contributed by atoms with van der Waals surface area (Å²) in [6, 6.07) is 12.4. The second-order valence-corrected chi connectivity index (χ2v) is 5.53. The molecule has 0 saturated carbocycles. The molecule has 0 bridgehead atoms. The Morgan fingerprint density at radius 3 is 2.30 bits per heavy atom. The van der Waals surface area contributed by atoms with Crippen LogP contribution in [-0.2, 0) is 0 Å². The van der Waals surface area contributed by atoms with Crippen molar-refractivity contribution in [2.24, 2.45) is 0 Å². The van der Waals surface area contributed by atoms with Gasteiger partial charge in [0.05, 0.1) is 14.2 Å². The van der Waals surface area contributed by atoms with Gasteiger partial charge < -0.3 is 14.4 Å². The molecular formula is C19H20N2O2. The van der Waals surface area contributed by atoms with Crippen LogP contribution in [-0.4, -0.2) is 33.3 Å². The first kappa shape index (κ1) is 15.2. The van der Waals surface area contributed by atoms with Crippen LogP contribution in [0.3, 0.4) is 0 Å². The third-order valence-corrected chi connectivity index (χ3v) is 3.96. The molecule has 0 aliphatic rings. The van der Waals surface area contributed by atoms with E-state index in [1.165, 1.54) is 0 Å². The molecule has 1 heterocycles. The Morgan fingerprint density at radius 2 is 1.70 bits per heavy atom. The van der Waals surface area contributed by atoms with E-state index in [2.05, 4.69) is 34.1 Å². The van der Waals surface area contributed by atoms with Crippen LogP contribution in [0, 0.1) is 0 Å². The zero-order chi connectivity index (χ0) is 16.4. The van der Waals surface area contributed by atoms with E-state index in [9.17, 15) is 0 Å². The summed E-state index contributed by atoms with van der Waals surface area (Å²) < 4.78 is 11.2. The molecule has 0 spiro atoms. The Labute approximate surface area is 136 Å². The quantitative estimate of drug-likeness (QED) is 0.730. The fourth-order valence-electron chi connectivity index (χ4n) is 2.77. The highest BCUT2D eigenvalue weighted by Gasteiger charge is 2.16. The van der Waals surface area contributed by atoms with Crippen LogP contribution in [0.15, 0.2) is 48.8 Å². The highest BCUT2D eigenvalue weighted by molar-refractivity contribution is 6.01. The number of rotatable bonds is 4. The Hall–Kier alpha value is -2.75. The monoisotopic (exact) mass is 308 g/mol. The van der Waals surface area contributed by atoms with Gasteiger partial charge in [-0.25, -0.2) is 0 Å². The van der Waals surface area contributed by atoms with Gasteiger partial charge >= 0.3 is 0 Å². The van der Waals surface area contributed by atoms with Crippen molar-refractivity contribution in [2.75, 3.05) is 33.2 Å². The lowest BCUT2D eigenvalue weighted by Crippen LogP contribution is -2.08. The lowest BCUT2D eigenvalue weighted by atomic mass is 9.97. The first-order chi connectivity index (χ1) is 11.2. The van der Waals surface area contributed by atoms with E-state index in [0.29, 0.717) is 5.75 Å². The molecule has 0 radical (unpaired) electrons. The molecule has 0 aliphatic heterocycles. The molecular weight excluding hydrogens is 288 g/mol. The van der Waals surface area contributed by atoms with Crippen LogP contribution in [0.2, 0.25) is 0 Å². The van der Waals surface area contributed by atoms with Gasteiger partial charge in [0.1, 0.15) is 0 Å². The fraction of sp³-hybridized carbons (Fsp3) is 0.211. The minimum absolute atomic E-state index is 0.708. The van der Waals surface area contributed by atoms with Crippen molar-refractivity contribution < 1.29 is 9.47 Å². The van der Waals surface area contributed by atoms with Crippen molar-refractivity contribution in [1.29, 1.82) is 0 Å². The van der Waals surface area contributed by atoms with E-state index >= 15 is 0 Å². The molecule has 0 N–H and O–H groups in total. The zero-order valence-electron chi connectivity index (χ0n) is 13.8. The first-order valence-electron chi connectivity index (χ1n) is 7.42. The number of pyridine rings is 1. The number of anilines is 1. The molecule has 3 rings (SSSR count). The molecule has 0 amide bonds. The summed E-state index contributed by atoms with van der Waals surface area (Å²) in [5.74, 6) is 1.45. The number of hydrogen-bond acceptors (Lipinski definition) is 4. The van der Waals surface area contributed by atoms with E-state index in [1.54, 1.807) is 20.4 Å². The summed E-state index contributed by atoms with van der Waals surface area (Å²) >= 11 is 0. The summed E-state index contributed by atoms with van der Waals surface area (Å²) in [5.41, 5.74) is 3.26. The SMILES string of the molecule is COc1cc2cnccc2c(-c2ccc(N(C)C)cc2)c1OC. The summed E-state index contributed by atoms with van der Waals surface area (Å²) in [5, 5.41) is 2.12. The molecule has 0 aliphatic carbocycles. The second-order valence-electron chi connectivity index (χ2n) is 5.53. The zero-order valence-corrected chi connectivity index (χ0v) is 13.8. The molecule has 4 nitrogen and oxygen atoms in total. The summed E-state index contributed by atoms with van der Waals surface area (Å²) in [4.78, 5) is 6.29. The topological polar surface area (TPSA) is 34.6 Å². The average Bonchev–Trinajstić information content (AvgIpc) is 2.59. The van der Waals surface area contributed by atoms with E-state index in [0.717, 1.165) is 33.3 Å². The lowest BCUT2D eigenvalue weighted by molar-refractivity contribution is 0.357. The van der Waals surface area contributed by atoms with Crippen LogP contribution in [0.1, 0.15) is 0 Å². The predicted molar refractivity (Wildman–Crippen MR) is 94.6 cm³/mol. The Morgan fingerprint density at radius 1 is 0.957 bits per heavy atom. The van der Waals surface area contributed by atoms with Crippen LogP contribution < -0.4 is 14.4 Å². The van der Waals surface area contributed by atoms with Crippen molar-refractivity contribution >= 4 is 16.5 Å². The van der Waals surface area contributed by atoms with Crippen LogP contribution in [0.4, 0.5) is 5.69 Å². The number of fused-ring (bicyclic) bond motifs is 1. The highest BCUT2D eigenvalue weighted by atomic mass is 16.5. The molecule has 23 heavy (non-hydrogen) atoms.